The summed E-state index contributed by atoms with van der Waals surface area (Å²) >= 11 is 0. The van der Waals surface area contributed by atoms with Crippen LogP contribution in [0.25, 0.3) is 0 Å². The van der Waals surface area contributed by atoms with Crippen LogP contribution in [0.2, 0.25) is 0 Å². The fourth-order valence-corrected chi connectivity index (χ4v) is 0.624. The van der Waals surface area contributed by atoms with Crippen LogP contribution < -0.4 is 0 Å². The Morgan fingerprint density at radius 1 is 1.67 bits per heavy atom. The van der Waals surface area contributed by atoms with E-state index in [-0.39, 0.29) is 5.56 Å². The first-order chi connectivity index (χ1) is 5.75. The molecule has 1 aromatic rings. The third kappa shape index (κ3) is 1.60. The van der Waals surface area contributed by atoms with Crippen molar-refractivity contribution in [3.8, 4) is 0 Å². The molecule has 0 aromatic carbocycles. The maximum absolute atomic E-state index is 12.7. The Morgan fingerprint density at radius 3 is 3.00 bits per heavy atom. The van der Waals surface area contributed by atoms with E-state index in [1.807, 2.05) is 5.34 Å². The summed E-state index contributed by atoms with van der Waals surface area (Å²) in [6.45, 7) is 0. The number of pyridine rings is 1. The Morgan fingerprint density at radius 2 is 2.42 bits per heavy atom. The SMILES string of the molecule is O=NOC(=O)c1ccncc1F. The second-order valence-corrected chi connectivity index (χ2v) is 1.81. The highest BCUT2D eigenvalue weighted by atomic mass is 19.1. The number of aromatic nitrogens is 1. The van der Waals surface area contributed by atoms with Gasteiger partial charge in [-0.3, -0.25) is 9.82 Å². The van der Waals surface area contributed by atoms with E-state index < -0.39 is 11.8 Å². The van der Waals surface area contributed by atoms with Gasteiger partial charge in [-0.25, -0.2) is 9.18 Å². The van der Waals surface area contributed by atoms with Gasteiger partial charge in [0.25, 0.3) is 0 Å². The molecule has 1 rings (SSSR count). The number of nitrogens with zero attached hydrogens (tertiary/aromatic N) is 2. The molecule has 0 N–H and O–H groups in total. The topological polar surface area (TPSA) is 68.6 Å². The molecule has 0 radical (unpaired) electrons. The lowest BCUT2D eigenvalue weighted by atomic mass is 10.3. The number of carbonyl (C=O) groups is 1. The lowest BCUT2D eigenvalue weighted by Crippen LogP contribution is -2.03. The van der Waals surface area contributed by atoms with Gasteiger partial charge in [0.05, 0.1) is 6.20 Å². The summed E-state index contributed by atoms with van der Waals surface area (Å²) in [6, 6.07) is 1.09. The van der Waals surface area contributed by atoms with E-state index in [0.717, 1.165) is 12.3 Å². The zero-order valence-electron chi connectivity index (χ0n) is 5.73. The first-order valence-corrected chi connectivity index (χ1v) is 2.89. The third-order valence-electron chi connectivity index (χ3n) is 1.11. The molecular formula is C6H3FN2O3. The van der Waals surface area contributed by atoms with Crippen molar-refractivity contribution in [1.29, 1.82) is 0 Å². The van der Waals surface area contributed by atoms with Crippen LogP contribution in [0.3, 0.4) is 0 Å². The molecule has 0 aliphatic rings. The normalized spacial score (nSPS) is 9.08. The summed E-state index contributed by atoms with van der Waals surface area (Å²) < 4.78 is 12.7. The van der Waals surface area contributed by atoms with E-state index in [1.165, 1.54) is 6.20 Å². The van der Waals surface area contributed by atoms with Crippen LogP contribution in [0, 0.1) is 10.7 Å². The third-order valence-corrected chi connectivity index (χ3v) is 1.11. The summed E-state index contributed by atoms with van der Waals surface area (Å²) in [5, 5.41) is 1.87. The predicted octanol–water partition coefficient (Wildman–Crippen LogP) is 1.06. The maximum Gasteiger partial charge on any atom is 0.372 e. The highest BCUT2D eigenvalue weighted by Crippen LogP contribution is 2.05. The second-order valence-electron chi connectivity index (χ2n) is 1.81. The monoisotopic (exact) mass is 170 g/mol. The van der Waals surface area contributed by atoms with Gasteiger partial charge in [-0.1, -0.05) is 0 Å². The minimum atomic E-state index is -1.13. The molecule has 1 heterocycles. The van der Waals surface area contributed by atoms with Crippen LogP contribution in [0.1, 0.15) is 10.4 Å². The molecule has 0 saturated heterocycles. The van der Waals surface area contributed by atoms with Gasteiger partial charge in [0, 0.05) is 6.20 Å². The van der Waals surface area contributed by atoms with Gasteiger partial charge < -0.3 is 0 Å². The molecule has 0 aliphatic heterocycles. The molecule has 0 unspecified atom stereocenters. The largest absolute Gasteiger partial charge is 0.372 e. The fourth-order valence-electron chi connectivity index (χ4n) is 0.624. The highest BCUT2D eigenvalue weighted by Gasteiger charge is 2.12. The number of rotatable bonds is 2. The van der Waals surface area contributed by atoms with E-state index in [9.17, 15) is 14.1 Å². The highest BCUT2D eigenvalue weighted by molar-refractivity contribution is 5.89. The Kier molecular flexibility index (Phi) is 2.42. The van der Waals surface area contributed by atoms with Crippen molar-refractivity contribution >= 4 is 5.97 Å². The lowest BCUT2D eigenvalue weighted by molar-refractivity contribution is 0.0503. The van der Waals surface area contributed by atoms with E-state index >= 15 is 0 Å². The molecule has 0 amide bonds. The van der Waals surface area contributed by atoms with Gasteiger partial charge in [0.1, 0.15) is 5.56 Å². The van der Waals surface area contributed by atoms with Gasteiger partial charge in [0.2, 0.25) is 0 Å². The second kappa shape index (κ2) is 3.51. The smallest absolute Gasteiger partial charge is 0.279 e. The van der Waals surface area contributed by atoms with Gasteiger partial charge in [-0.15, -0.1) is 4.91 Å². The molecule has 12 heavy (non-hydrogen) atoms. The minimum absolute atomic E-state index is 0.371. The molecule has 62 valence electrons. The quantitative estimate of drug-likeness (QED) is 0.491. The molecular weight excluding hydrogens is 167 g/mol. The Labute approximate surface area is 66.1 Å². The van der Waals surface area contributed by atoms with Crippen LogP contribution in [-0.2, 0) is 4.84 Å². The average Bonchev–Trinajstić information content (AvgIpc) is 2.05. The summed E-state index contributed by atoms with van der Waals surface area (Å²) in [5.74, 6) is -1.99. The van der Waals surface area contributed by atoms with Crippen molar-refractivity contribution in [1.82, 2.24) is 4.98 Å². The van der Waals surface area contributed by atoms with E-state index in [1.54, 1.807) is 0 Å². The lowest BCUT2D eigenvalue weighted by Gasteiger charge is -1.95. The van der Waals surface area contributed by atoms with Crippen LogP contribution >= 0.6 is 0 Å². The maximum atomic E-state index is 12.7. The van der Waals surface area contributed by atoms with Crippen molar-refractivity contribution in [2.24, 2.45) is 5.34 Å². The number of hydrogen-bond donors (Lipinski definition) is 0. The van der Waals surface area contributed by atoms with Crippen molar-refractivity contribution in [2.45, 2.75) is 0 Å². The number of carbonyl (C=O) groups excluding carboxylic acids is 1. The summed E-state index contributed by atoms with van der Waals surface area (Å²) in [4.78, 5) is 27.2. The zero-order chi connectivity index (χ0) is 8.97. The van der Waals surface area contributed by atoms with Gasteiger partial charge in [0.15, 0.2) is 11.2 Å². The first kappa shape index (κ1) is 8.25. The Balaban J connectivity index is 2.94. The average molecular weight is 170 g/mol. The standard InChI is InChI=1S/C6H3FN2O3/c7-5-3-8-2-1-4(5)6(10)12-9-11/h1-3H. The summed E-state index contributed by atoms with van der Waals surface area (Å²) in [7, 11) is 0. The van der Waals surface area contributed by atoms with Crippen LogP contribution in [-0.4, -0.2) is 11.0 Å². The van der Waals surface area contributed by atoms with E-state index in [4.69, 9.17) is 0 Å². The summed E-state index contributed by atoms with van der Waals surface area (Å²) in [5.41, 5.74) is -0.371. The molecule has 0 saturated carbocycles. The number of halogens is 1. The molecule has 0 aliphatic carbocycles. The molecule has 6 heteroatoms. The Bertz CT molecular complexity index is 315. The van der Waals surface area contributed by atoms with Crippen molar-refractivity contribution < 1.29 is 14.0 Å². The summed E-state index contributed by atoms with van der Waals surface area (Å²) in [6.07, 6.45) is 2.03. The molecule has 0 atom stereocenters. The van der Waals surface area contributed by atoms with Crippen LogP contribution in [0.5, 0.6) is 0 Å². The van der Waals surface area contributed by atoms with E-state index in [2.05, 4.69) is 9.82 Å². The predicted molar refractivity (Wildman–Crippen MR) is 35.4 cm³/mol. The van der Waals surface area contributed by atoms with Crippen molar-refractivity contribution in [3.05, 3.63) is 34.7 Å². The Hall–Kier alpha value is -1.85. The van der Waals surface area contributed by atoms with Crippen LogP contribution in [0.15, 0.2) is 23.8 Å². The first-order valence-electron chi connectivity index (χ1n) is 2.89. The van der Waals surface area contributed by atoms with Crippen LogP contribution in [0.4, 0.5) is 4.39 Å². The van der Waals surface area contributed by atoms with Crippen molar-refractivity contribution in [3.63, 3.8) is 0 Å². The molecule has 0 fully saturated rings. The van der Waals surface area contributed by atoms with E-state index in [0.29, 0.717) is 0 Å². The van der Waals surface area contributed by atoms with Gasteiger partial charge in [-0.2, -0.15) is 0 Å². The van der Waals surface area contributed by atoms with Gasteiger partial charge >= 0.3 is 5.97 Å². The van der Waals surface area contributed by atoms with Gasteiger partial charge in [-0.05, 0) is 6.07 Å². The fraction of sp³-hybridized carbons (Fsp3) is 0. The molecule has 5 nitrogen and oxygen atoms in total. The number of hydrogen-bond acceptors (Lipinski definition) is 5. The minimum Gasteiger partial charge on any atom is -0.279 e. The molecule has 0 spiro atoms. The zero-order valence-corrected chi connectivity index (χ0v) is 5.73. The molecule has 0 bridgehead atoms. The van der Waals surface area contributed by atoms with Crippen molar-refractivity contribution in [2.75, 3.05) is 0 Å². The molecule has 1 aromatic heterocycles.